The third-order valence-corrected chi connectivity index (χ3v) is 4.71. The molecule has 0 aromatic heterocycles. The number of methoxy groups -OCH3 is 1. The summed E-state index contributed by atoms with van der Waals surface area (Å²) in [5, 5.41) is 24.0. The number of hydrogen-bond donors (Lipinski definition) is 1. The largest absolute Gasteiger partial charge is 0.496 e. The van der Waals surface area contributed by atoms with Crippen molar-refractivity contribution in [2.75, 3.05) is 26.3 Å². The molecule has 1 unspecified atom stereocenters. The molecule has 1 N–H and O–H groups in total. The SMILES string of the molecule is CON=C(C)c1ccc(OCc2c(OC)cccc2N2N=NN(C)C2O)c(C(F)(F)F)c1. The summed E-state index contributed by atoms with van der Waals surface area (Å²) in [5.41, 5.74) is 0.329. The molecule has 1 aliphatic heterocycles. The molecule has 0 amide bonds. The molecule has 12 heteroatoms. The Bertz CT molecular complexity index is 1030. The first kappa shape index (κ1) is 23.1. The Balaban J connectivity index is 1.96. The molecule has 0 aliphatic carbocycles. The van der Waals surface area contributed by atoms with Crippen LogP contribution in [0, 0.1) is 0 Å². The fourth-order valence-corrected chi connectivity index (χ4v) is 3.08. The lowest BCUT2D eigenvalue weighted by molar-refractivity contribution is -0.139. The molecule has 32 heavy (non-hydrogen) atoms. The number of benzene rings is 2. The number of oxime groups is 1. The standard InChI is InChI=1S/C20H22F3N5O4/c1-12(24-31-4)13-8-9-18(15(10-13)20(21,22)23)32-11-14-16(6-5-7-17(14)30-3)28-19(29)27(2)25-26-28/h5-10,19,29H,11H2,1-4H3. The number of alkyl halides is 3. The molecule has 3 rings (SSSR count). The van der Waals surface area contributed by atoms with Crippen LogP contribution in [0.4, 0.5) is 18.9 Å². The molecule has 0 saturated heterocycles. The average molecular weight is 453 g/mol. The minimum atomic E-state index is -4.66. The van der Waals surface area contributed by atoms with Crippen molar-refractivity contribution in [3.8, 4) is 11.5 Å². The van der Waals surface area contributed by atoms with E-state index >= 15 is 0 Å². The van der Waals surface area contributed by atoms with Crippen molar-refractivity contribution in [3.05, 3.63) is 53.1 Å². The van der Waals surface area contributed by atoms with Gasteiger partial charge >= 0.3 is 6.18 Å². The van der Waals surface area contributed by atoms with E-state index in [0.29, 0.717) is 17.0 Å². The fraction of sp³-hybridized carbons (Fsp3) is 0.350. The van der Waals surface area contributed by atoms with Crippen LogP contribution in [0.25, 0.3) is 0 Å². The molecular formula is C20H22F3N5O4. The summed E-state index contributed by atoms with van der Waals surface area (Å²) in [6.07, 6.45) is -5.85. The predicted molar refractivity (Wildman–Crippen MR) is 109 cm³/mol. The highest BCUT2D eigenvalue weighted by Crippen LogP contribution is 2.39. The van der Waals surface area contributed by atoms with E-state index in [1.54, 1.807) is 18.2 Å². The van der Waals surface area contributed by atoms with Gasteiger partial charge in [-0.05, 0) is 53.3 Å². The van der Waals surface area contributed by atoms with E-state index in [9.17, 15) is 18.3 Å². The van der Waals surface area contributed by atoms with Gasteiger partial charge in [0.1, 0.15) is 25.2 Å². The number of ether oxygens (including phenoxy) is 2. The van der Waals surface area contributed by atoms with Crippen LogP contribution < -0.4 is 14.5 Å². The van der Waals surface area contributed by atoms with Crippen LogP contribution in [0.15, 0.2) is 52.0 Å². The van der Waals surface area contributed by atoms with E-state index < -0.39 is 18.1 Å². The van der Waals surface area contributed by atoms with Crippen molar-refractivity contribution >= 4 is 11.4 Å². The zero-order valence-electron chi connectivity index (χ0n) is 17.8. The van der Waals surface area contributed by atoms with Gasteiger partial charge in [0.2, 0.25) is 6.35 Å². The van der Waals surface area contributed by atoms with Gasteiger partial charge in [0.05, 0.1) is 29.6 Å². The van der Waals surface area contributed by atoms with Gasteiger partial charge in [-0.2, -0.15) is 18.2 Å². The van der Waals surface area contributed by atoms with Crippen LogP contribution in [-0.2, 0) is 17.6 Å². The van der Waals surface area contributed by atoms with Gasteiger partial charge < -0.3 is 19.4 Å². The molecule has 1 atom stereocenters. The van der Waals surface area contributed by atoms with Gasteiger partial charge in [0.25, 0.3) is 0 Å². The minimum absolute atomic E-state index is 0.244. The number of rotatable bonds is 7. The van der Waals surface area contributed by atoms with Crippen LogP contribution in [0.5, 0.6) is 11.5 Å². The van der Waals surface area contributed by atoms with Crippen molar-refractivity contribution < 1.29 is 32.6 Å². The third-order valence-electron chi connectivity index (χ3n) is 4.71. The quantitative estimate of drug-likeness (QED) is 0.504. The molecule has 2 aromatic rings. The van der Waals surface area contributed by atoms with Gasteiger partial charge in [-0.25, -0.2) is 5.01 Å². The zero-order valence-corrected chi connectivity index (χ0v) is 17.8. The number of hydrogen-bond acceptors (Lipinski definition) is 9. The van der Waals surface area contributed by atoms with E-state index in [2.05, 4.69) is 20.4 Å². The Labute approximate surface area is 182 Å². The highest BCUT2D eigenvalue weighted by Gasteiger charge is 2.35. The molecule has 9 nitrogen and oxygen atoms in total. The first-order valence-corrected chi connectivity index (χ1v) is 9.37. The highest BCUT2D eigenvalue weighted by atomic mass is 19.4. The van der Waals surface area contributed by atoms with Gasteiger partial charge in [0.15, 0.2) is 0 Å². The lowest BCUT2D eigenvalue weighted by Crippen LogP contribution is -2.36. The zero-order chi connectivity index (χ0) is 23.5. The molecule has 2 aromatic carbocycles. The first-order valence-electron chi connectivity index (χ1n) is 9.37. The van der Waals surface area contributed by atoms with Crippen molar-refractivity contribution in [1.82, 2.24) is 5.01 Å². The molecule has 0 saturated carbocycles. The molecule has 1 aliphatic rings. The lowest BCUT2D eigenvalue weighted by Gasteiger charge is -2.24. The second-order valence-corrected chi connectivity index (χ2v) is 6.76. The summed E-state index contributed by atoms with van der Waals surface area (Å²) in [7, 11) is 4.26. The Kier molecular flexibility index (Phi) is 6.72. The number of aliphatic hydroxyl groups is 1. The van der Waals surface area contributed by atoms with E-state index in [4.69, 9.17) is 9.47 Å². The number of anilines is 1. The van der Waals surface area contributed by atoms with Crippen molar-refractivity contribution in [2.45, 2.75) is 26.1 Å². The number of halogens is 3. The lowest BCUT2D eigenvalue weighted by atomic mass is 10.1. The topological polar surface area (TPSA) is 91.5 Å². The van der Waals surface area contributed by atoms with E-state index in [1.165, 1.54) is 50.3 Å². The first-order chi connectivity index (χ1) is 15.2. The summed E-state index contributed by atoms with van der Waals surface area (Å²) in [6.45, 7) is 1.25. The second kappa shape index (κ2) is 9.30. The minimum Gasteiger partial charge on any atom is -0.496 e. The normalized spacial score (nSPS) is 16.5. The maximum atomic E-state index is 13.7. The summed E-state index contributed by atoms with van der Waals surface area (Å²) >= 11 is 0. The van der Waals surface area contributed by atoms with Gasteiger partial charge in [-0.1, -0.05) is 11.2 Å². The summed E-state index contributed by atoms with van der Waals surface area (Å²) in [4.78, 5) is 4.64. The predicted octanol–water partition coefficient (Wildman–Crippen LogP) is 3.97. The molecule has 172 valence electrons. The van der Waals surface area contributed by atoms with Crippen molar-refractivity contribution in [3.63, 3.8) is 0 Å². The monoisotopic (exact) mass is 453 g/mol. The number of nitrogens with zero attached hydrogens (tertiary/aromatic N) is 5. The average Bonchev–Trinajstić information content (AvgIpc) is 3.09. The summed E-state index contributed by atoms with van der Waals surface area (Å²) in [5.74, 6) is -0.0169. The van der Waals surface area contributed by atoms with E-state index in [1.807, 2.05) is 0 Å². The van der Waals surface area contributed by atoms with Gasteiger partial charge in [-0.3, -0.25) is 0 Å². The third kappa shape index (κ3) is 4.69. The molecule has 0 fully saturated rings. The molecule has 1 heterocycles. The van der Waals surface area contributed by atoms with E-state index in [0.717, 1.165) is 6.07 Å². The van der Waals surface area contributed by atoms with Crippen LogP contribution in [0.1, 0.15) is 23.6 Å². The van der Waals surface area contributed by atoms with Crippen LogP contribution in [0.2, 0.25) is 0 Å². The van der Waals surface area contributed by atoms with Crippen LogP contribution in [0.3, 0.4) is 0 Å². The fourth-order valence-electron chi connectivity index (χ4n) is 3.08. The maximum Gasteiger partial charge on any atom is 0.419 e. The van der Waals surface area contributed by atoms with Crippen LogP contribution >= 0.6 is 0 Å². The maximum absolute atomic E-state index is 13.7. The summed E-state index contributed by atoms with van der Waals surface area (Å²) in [6, 6.07) is 8.54. The van der Waals surface area contributed by atoms with Crippen LogP contribution in [-0.4, -0.2) is 43.4 Å². The van der Waals surface area contributed by atoms with E-state index in [-0.39, 0.29) is 23.6 Å². The Morgan fingerprint density at radius 3 is 2.50 bits per heavy atom. The van der Waals surface area contributed by atoms with Crippen molar-refractivity contribution in [1.29, 1.82) is 0 Å². The Morgan fingerprint density at radius 1 is 1.16 bits per heavy atom. The molecular weight excluding hydrogens is 431 g/mol. The number of aliphatic hydroxyl groups excluding tert-OH is 1. The Hall–Kier alpha value is -3.54. The molecule has 0 bridgehead atoms. The summed E-state index contributed by atoms with van der Waals surface area (Å²) < 4.78 is 52.1. The smallest absolute Gasteiger partial charge is 0.419 e. The highest BCUT2D eigenvalue weighted by molar-refractivity contribution is 5.98. The second-order valence-electron chi connectivity index (χ2n) is 6.76. The van der Waals surface area contributed by atoms with Gasteiger partial charge in [-0.15, -0.1) is 0 Å². The Morgan fingerprint density at radius 2 is 1.91 bits per heavy atom. The molecule has 0 spiro atoms. The molecule has 0 radical (unpaired) electrons. The van der Waals surface area contributed by atoms with Gasteiger partial charge in [0, 0.05) is 7.05 Å². The van der Waals surface area contributed by atoms with Crippen molar-refractivity contribution in [2.24, 2.45) is 15.6 Å².